The van der Waals surface area contributed by atoms with Crippen molar-refractivity contribution in [2.45, 2.75) is 76.4 Å². The summed E-state index contributed by atoms with van der Waals surface area (Å²) in [5, 5.41) is 8.10. The average molecular weight is 471 g/mol. The summed E-state index contributed by atoms with van der Waals surface area (Å²) in [6.45, 7) is 4.71. The van der Waals surface area contributed by atoms with Crippen LogP contribution in [-0.2, 0) is 11.2 Å². The standard InChI is InChI=1S/C26H35ClN4O2/c1-18-8-9-20-6-2-3-7-24(20)30(18)21-10-12-22(13-11-21)31-26(32)25(27)23(16-29-31)28-15-19-5-4-14-33-17-19/h2-3,6-7,16,18-19,21-22,28H,4-5,8-15,17H2,1H3/t18?,19-,21?,22?/m1/s1. The minimum Gasteiger partial charge on any atom is -0.382 e. The molecule has 0 amide bonds. The molecule has 2 fully saturated rings. The molecule has 33 heavy (non-hydrogen) atoms. The summed E-state index contributed by atoms with van der Waals surface area (Å²) in [5.41, 5.74) is 3.32. The molecule has 5 rings (SSSR count). The Labute approximate surface area is 201 Å². The van der Waals surface area contributed by atoms with Crippen molar-refractivity contribution in [3.8, 4) is 0 Å². The molecular weight excluding hydrogens is 436 g/mol. The highest BCUT2D eigenvalue weighted by Crippen LogP contribution is 2.38. The van der Waals surface area contributed by atoms with Crippen molar-refractivity contribution in [1.29, 1.82) is 0 Å². The van der Waals surface area contributed by atoms with Gasteiger partial charge < -0.3 is 15.0 Å². The lowest BCUT2D eigenvalue weighted by Crippen LogP contribution is -2.47. The van der Waals surface area contributed by atoms with Gasteiger partial charge in [-0.3, -0.25) is 4.79 Å². The van der Waals surface area contributed by atoms with E-state index in [9.17, 15) is 4.79 Å². The zero-order chi connectivity index (χ0) is 22.8. The van der Waals surface area contributed by atoms with E-state index in [0.29, 0.717) is 23.7 Å². The van der Waals surface area contributed by atoms with E-state index in [0.717, 1.165) is 64.7 Å². The van der Waals surface area contributed by atoms with Crippen LogP contribution in [0.2, 0.25) is 5.02 Å². The predicted molar refractivity (Wildman–Crippen MR) is 134 cm³/mol. The van der Waals surface area contributed by atoms with Crippen molar-refractivity contribution in [2.75, 3.05) is 30.0 Å². The summed E-state index contributed by atoms with van der Waals surface area (Å²) >= 11 is 6.49. The van der Waals surface area contributed by atoms with Crippen LogP contribution in [0.5, 0.6) is 0 Å². The van der Waals surface area contributed by atoms with E-state index in [1.807, 2.05) is 0 Å². The van der Waals surface area contributed by atoms with Crippen LogP contribution in [0.3, 0.4) is 0 Å². The smallest absolute Gasteiger partial charge is 0.287 e. The Bertz CT molecular complexity index is 1010. The molecule has 3 aliphatic rings. The molecule has 2 aromatic rings. The summed E-state index contributed by atoms with van der Waals surface area (Å²) in [4.78, 5) is 15.7. The molecule has 1 aromatic heterocycles. The number of aryl methyl sites for hydroxylation is 1. The minimum absolute atomic E-state index is 0.113. The van der Waals surface area contributed by atoms with Gasteiger partial charge in [0.1, 0.15) is 5.02 Å². The fourth-order valence-corrected chi connectivity index (χ4v) is 6.11. The second-order valence-electron chi connectivity index (χ2n) is 9.97. The summed E-state index contributed by atoms with van der Waals surface area (Å²) in [5.74, 6) is 0.454. The van der Waals surface area contributed by atoms with Crippen LogP contribution in [0.15, 0.2) is 35.3 Å². The molecule has 178 valence electrons. The molecule has 1 unspecified atom stereocenters. The topological polar surface area (TPSA) is 59.4 Å². The van der Waals surface area contributed by atoms with Gasteiger partial charge in [-0.25, -0.2) is 4.68 Å². The highest BCUT2D eigenvalue weighted by Gasteiger charge is 2.33. The number of hydrogen-bond donors (Lipinski definition) is 1. The number of nitrogens with one attached hydrogen (secondary N) is 1. The fourth-order valence-electron chi connectivity index (χ4n) is 5.90. The van der Waals surface area contributed by atoms with Crippen LogP contribution in [0.4, 0.5) is 11.4 Å². The Morgan fingerprint density at radius 2 is 1.91 bits per heavy atom. The highest BCUT2D eigenvalue weighted by atomic mass is 35.5. The normalized spacial score (nSPS) is 27.8. The number of ether oxygens (including phenoxy) is 1. The largest absolute Gasteiger partial charge is 0.382 e. The number of nitrogens with zero attached hydrogens (tertiary/aromatic N) is 3. The van der Waals surface area contributed by atoms with Gasteiger partial charge >= 0.3 is 0 Å². The SMILES string of the molecule is CC1CCc2ccccc2N1C1CCC(n2ncc(NC[C@H]3CCCOC3)c(Cl)c2=O)CC1. The highest BCUT2D eigenvalue weighted by molar-refractivity contribution is 6.32. The van der Waals surface area contributed by atoms with Gasteiger partial charge in [-0.1, -0.05) is 29.8 Å². The summed E-state index contributed by atoms with van der Waals surface area (Å²) in [7, 11) is 0. The van der Waals surface area contributed by atoms with Crippen molar-refractivity contribution in [1.82, 2.24) is 9.78 Å². The first-order valence-corrected chi connectivity index (χ1v) is 12.9. The summed E-state index contributed by atoms with van der Waals surface area (Å²) < 4.78 is 7.17. The number of rotatable bonds is 5. The second kappa shape index (κ2) is 10.1. The lowest BCUT2D eigenvalue weighted by molar-refractivity contribution is 0.0595. The van der Waals surface area contributed by atoms with Gasteiger partial charge in [-0.05, 0) is 75.8 Å². The monoisotopic (exact) mass is 470 g/mol. The Hall–Kier alpha value is -2.05. The molecule has 2 aliphatic heterocycles. The molecule has 1 saturated carbocycles. The number of para-hydroxylation sites is 1. The van der Waals surface area contributed by atoms with Gasteiger partial charge in [0.15, 0.2) is 0 Å². The third kappa shape index (κ3) is 4.78. The van der Waals surface area contributed by atoms with E-state index in [1.54, 1.807) is 10.9 Å². The Balaban J connectivity index is 1.24. The van der Waals surface area contributed by atoms with Crippen LogP contribution in [0.25, 0.3) is 0 Å². The molecule has 6 nitrogen and oxygen atoms in total. The van der Waals surface area contributed by atoms with E-state index >= 15 is 0 Å². The number of anilines is 2. The van der Waals surface area contributed by atoms with E-state index in [2.05, 4.69) is 46.5 Å². The van der Waals surface area contributed by atoms with Gasteiger partial charge in [0.25, 0.3) is 5.56 Å². The van der Waals surface area contributed by atoms with Gasteiger partial charge in [0.05, 0.1) is 24.5 Å². The molecule has 1 aliphatic carbocycles. The second-order valence-corrected chi connectivity index (χ2v) is 10.4. The lowest BCUT2D eigenvalue weighted by atomic mass is 9.86. The number of fused-ring (bicyclic) bond motifs is 1. The maximum atomic E-state index is 13.0. The third-order valence-electron chi connectivity index (χ3n) is 7.76. The van der Waals surface area contributed by atoms with Crippen molar-refractivity contribution in [2.24, 2.45) is 5.92 Å². The number of aromatic nitrogens is 2. The van der Waals surface area contributed by atoms with Crippen LogP contribution < -0.4 is 15.8 Å². The summed E-state index contributed by atoms with van der Waals surface area (Å²) in [6, 6.07) is 10.0. The van der Waals surface area contributed by atoms with E-state index in [1.165, 1.54) is 17.7 Å². The Morgan fingerprint density at radius 1 is 1.12 bits per heavy atom. The zero-order valence-corrected chi connectivity index (χ0v) is 20.3. The van der Waals surface area contributed by atoms with Crippen LogP contribution in [-0.4, -0.2) is 41.6 Å². The quantitative estimate of drug-likeness (QED) is 0.661. The molecule has 1 saturated heterocycles. The number of benzene rings is 1. The molecule has 3 heterocycles. The van der Waals surface area contributed by atoms with Crippen molar-refractivity contribution >= 4 is 23.0 Å². The summed E-state index contributed by atoms with van der Waals surface area (Å²) in [6.07, 6.45) is 10.3. The van der Waals surface area contributed by atoms with Crippen LogP contribution in [0, 0.1) is 5.92 Å². The molecule has 0 radical (unpaired) electrons. The zero-order valence-electron chi connectivity index (χ0n) is 19.5. The first kappa shape index (κ1) is 22.7. The van der Waals surface area contributed by atoms with Gasteiger partial charge in [0.2, 0.25) is 0 Å². The molecule has 0 bridgehead atoms. The van der Waals surface area contributed by atoms with Crippen LogP contribution >= 0.6 is 11.6 Å². The number of hydrogen-bond acceptors (Lipinski definition) is 5. The van der Waals surface area contributed by atoms with Crippen molar-refractivity contribution < 1.29 is 4.74 Å². The molecule has 1 N–H and O–H groups in total. The average Bonchev–Trinajstić information content (AvgIpc) is 2.86. The molecule has 0 spiro atoms. The maximum absolute atomic E-state index is 13.0. The lowest BCUT2D eigenvalue weighted by Gasteiger charge is -2.45. The molecule has 2 atom stereocenters. The molecular formula is C26H35ClN4O2. The first-order valence-electron chi connectivity index (χ1n) is 12.6. The van der Waals surface area contributed by atoms with Gasteiger partial charge in [-0.15, -0.1) is 0 Å². The number of halogens is 1. The molecule has 7 heteroatoms. The Morgan fingerprint density at radius 3 is 2.70 bits per heavy atom. The van der Waals surface area contributed by atoms with Gasteiger partial charge in [-0.2, -0.15) is 5.10 Å². The third-order valence-corrected chi connectivity index (χ3v) is 8.13. The fraction of sp³-hybridized carbons (Fsp3) is 0.615. The predicted octanol–water partition coefficient (Wildman–Crippen LogP) is 5.06. The van der Waals surface area contributed by atoms with E-state index < -0.39 is 0 Å². The van der Waals surface area contributed by atoms with Gasteiger partial charge in [0, 0.05) is 30.9 Å². The van der Waals surface area contributed by atoms with Crippen molar-refractivity contribution in [3.05, 3.63) is 51.4 Å². The van der Waals surface area contributed by atoms with E-state index in [-0.39, 0.29) is 16.6 Å². The first-order chi connectivity index (χ1) is 16.1. The minimum atomic E-state index is -0.179. The maximum Gasteiger partial charge on any atom is 0.287 e. The Kier molecular flexibility index (Phi) is 6.93. The van der Waals surface area contributed by atoms with Crippen molar-refractivity contribution in [3.63, 3.8) is 0 Å². The van der Waals surface area contributed by atoms with E-state index in [4.69, 9.17) is 16.3 Å². The molecule has 1 aromatic carbocycles. The van der Waals surface area contributed by atoms with Crippen LogP contribution in [0.1, 0.15) is 63.5 Å².